The molecular weight excluding hydrogens is 401 g/mol. The number of halogens is 3. The summed E-state index contributed by atoms with van der Waals surface area (Å²) < 4.78 is 42.2. The molecule has 0 N–H and O–H groups in total. The van der Waals surface area contributed by atoms with E-state index in [2.05, 4.69) is 10.9 Å². The minimum atomic E-state index is -2.73. The van der Waals surface area contributed by atoms with Gasteiger partial charge in [-0.1, -0.05) is 32.8 Å². The number of alkyl halides is 2. The zero-order valence-electron chi connectivity index (χ0n) is 18.4. The van der Waals surface area contributed by atoms with Crippen molar-refractivity contribution >= 4 is 17.2 Å². The average Bonchev–Trinajstić information content (AvgIpc) is 2.73. The summed E-state index contributed by atoms with van der Waals surface area (Å²) in [4.78, 5) is 16.5. The van der Waals surface area contributed by atoms with Gasteiger partial charge >= 0.3 is 0 Å². The van der Waals surface area contributed by atoms with Gasteiger partial charge in [-0.25, -0.2) is 18.2 Å². The number of allylic oxidation sites excluding steroid dienone is 2. The molecule has 2 rings (SSSR count). The summed E-state index contributed by atoms with van der Waals surface area (Å²) in [5.41, 5.74) is 0.570. The van der Waals surface area contributed by atoms with Gasteiger partial charge in [0.2, 0.25) is 0 Å². The number of nitrogens with zero attached hydrogens (tertiary/aromatic N) is 2. The van der Waals surface area contributed by atoms with Crippen LogP contribution in [0.2, 0.25) is 0 Å². The van der Waals surface area contributed by atoms with Gasteiger partial charge in [0.05, 0.1) is 11.6 Å². The molecule has 2 unspecified atom stereocenters. The number of Topliss-reactive ketones (excluding diaryl/α,β-unsaturated/α-hetero) is 1. The van der Waals surface area contributed by atoms with Crippen LogP contribution in [0.15, 0.2) is 23.2 Å². The SMILES string of the molecule is C#CC(/C=C/CC(=O)CC1CC(F)(F)C1(C)CC)=Nc1c(F)cc(C#N)c(CC)c1C. The molecule has 0 aromatic heterocycles. The second kappa shape index (κ2) is 9.52. The molecule has 0 saturated heterocycles. The van der Waals surface area contributed by atoms with Crippen molar-refractivity contribution in [2.75, 3.05) is 0 Å². The van der Waals surface area contributed by atoms with E-state index < -0.39 is 17.2 Å². The summed E-state index contributed by atoms with van der Waals surface area (Å²) in [5.74, 6) is -1.50. The second-order valence-electron chi connectivity index (χ2n) is 8.19. The van der Waals surface area contributed by atoms with Crippen LogP contribution in [0.4, 0.5) is 18.9 Å². The molecule has 6 heteroatoms. The Bertz CT molecular complexity index is 1010. The highest BCUT2D eigenvalue weighted by molar-refractivity contribution is 6.09. The molecule has 1 aliphatic carbocycles. The quantitative estimate of drug-likeness (QED) is 0.363. The number of hydrogen-bond acceptors (Lipinski definition) is 3. The fourth-order valence-corrected chi connectivity index (χ4v) is 4.18. The normalized spacial score (nSPS) is 22.6. The van der Waals surface area contributed by atoms with Gasteiger partial charge in [-0.05, 0) is 49.0 Å². The monoisotopic (exact) mass is 428 g/mol. The van der Waals surface area contributed by atoms with Crippen LogP contribution in [-0.2, 0) is 11.2 Å². The maximum Gasteiger partial charge on any atom is 0.253 e. The van der Waals surface area contributed by atoms with Crippen LogP contribution in [0.25, 0.3) is 0 Å². The fourth-order valence-electron chi connectivity index (χ4n) is 4.18. The fraction of sp³-hybridized carbons (Fsp3) is 0.480. The molecule has 0 bridgehead atoms. The Morgan fingerprint density at radius 3 is 2.61 bits per heavy atom. The predicted molar refractivity (Wildman–Crippen MR) is 116 cm³/mol. The molecule has 1 fully saturated rings. The molecule has 164 valence electrons. The van der Waals surface area contributed by atoms with Crippen LogP contribution in [0, 0.1) is 47.7 Å². The molecule has 3 nitrogen and oxygen atoms in total. The number of benzene rings is 1. The van der Waals surface area contributed by atoms with E-state index in [1.807, 2.05) is 13.0 Å². The Labute approximate surface area is 182 Å². The topological polar surface area (TPSA) is 53.2 Å². The minimum Gasteiger partial charge on any atom is -0.299 e. The maximum atomic E-state index is 14.5. The van der Waals surface area contributed by atoms with Crippen molar-refractivity contribution in [2.45, 2.75) is 65.7 Å². The first kappa shape index (κ1) is 24.4. The lowest BCUT2D eigenvalue weighted by Gasteiger charge is -2.53. The van der Waals surface area contributed by atoms with Crippen LogP contribution < -0.4 is 0 Å². The van der Waals surface area contributed by atoms with Crippen LogP contribution >= 0.6 is 0 Å². The summed E-state index contributed by atoms with van der Waals surface area (Å²) in [7, 11) is 0. The summed E-state index contributed by atoms with van der Waals surface area (Å²) in [5, 5.41) is 9.18. The largest absolute Gasteiger partial charge is 0.299 e. The van der Waals surface area contributed by atoms with E-state index in [9.17, 15) is 23.2 Å². The molecule has 0 heterocycles. The van der Waals surface area contributed by atoms with E-state index in [-0.39, 0.29) is 47.9 Å². The molecular formula is C25H27F3N2O. The Morgan fingerprint density at radius 2 is 2.10 bits per heavy atom. The number of hydrogen-bond donors (Lipinski definition) is 0. The van der Waals surface area contributed by atoms with E-state index in [0.29, 0.717) is 24.0 Å². The molecule has 1 aromatic carbocycles. The zero-order valence-corrected chi connectivity index (χ0v) is 18.4. The van der Waals surface area contributed by atoms with Crippen molar-refractivity contribution in [3.63, 3.8) is 0 Å². The molecule has 0 radical (unpaired) electrons. The number of carbonyl (C=O) groups is 1. The van der Waals surface area contributed by atoms with Crippen molar-refractivity contribution < 1.29 is 18.0 Å². The van der Waals surface area contributed by atoms with E-state index in [0.717, 1.165) is 6.07 Å². The molecule has 1 aliphatic rings. The summed E-state index contributed by atoms with van der Waals surface area (Å²) in [6.07, 6.45) is 9.20. The van der Waals surface area contributed by atoms with Crippen LogP contribution in [0.1, 0.15) is 63.1 Å². The van der Waals surface area contributed by atoms with Crippen molar-refractivity contribution in [3.8, 4) is 18.4 Å². The lowest BCUT2D eigenvalue weighted by atomic mass is 9.55. The van der Waals surface area contributed by atoms with Gasteiger partial charge in [0.25, 0.3) is 5.92 Å². The molecule has 0 amide bonds. The predicted octanol–water partition coefficient (Wildman–Crippen LogP) is 6.25. The first-order valence-electron chi connectivity index (χ1n) is 10.4. The van der Waals surface area contributed by atoms with Gasteiger partial charge in [0.1, 0.15) is 23.0 Å². The molecule has 1 saturated carbocycles. The Hall–Kier alpha value is -2.86. The molecule has 0 aliphatic heterocycles. The van der Waals surface area contributed by atoms with Gasteiger partial charge in [-0.15, -0.1) is 6.42 Å². The standard InChI is InChI=1S/C25H27F3N2O/c1-6-19(30-23-16(4)21(7-2)17(15-29)12-22(23)26)10-9-11-20(31)13-18-14-25(27,28)24(18,5)8-3/h1,9-10,12,18H,7-8,11,13-14H2,2-5H3/b10-9+,30-19?. The van der Waals surface area contributed by atoms with E-state index in [4.69, 9.17) is 6.42 Å². The lowest BCUT2D eigenvalue weighted by molar-refractivity contribution is -0.237. The highest BCUT2D eigenvalue weighted by Gasteiger charge is 2.63. The highest BCUT2D eigenvalue weighted by atomic mass is 19.3. The maximum absolute atomic E-state index is 14.5. The number of aliphatic imine (C=N–C) groups is 1. The van der Waals surface area contributed by atoms with Crippen LogP contribution in [0.3, 0.4) is 0 Å². The van der Waals surface area contributed by atoms with Gasteiger partial charge in [-0.2, -0.15) is 5.26 Å². The third kappa shape index (κ3) is 4.74. The van der Waals surface area contributed by atoms with Crippen molar-refractivity contribution in [3.05, 3.63) is 40.7 Å². The number of nitriles is 1. The number of ketones is 1. The number of carbonyl (C=O) groups excluding carboxylic acids is 1. The van der Waals surface area contributed by atoms with Crippen molar-refractivity contribution in [2.24, 2.45) is 16.3 Å². The van der Waals surface area contributed by atoms with Gasteiger partial charge in [0.15, 0.2) is 0 Å². The molecule has 2 atom stereocenters. The summed E-state index contributed by atoms with van der Waals surface area (Å²) in [6.45, 7) is 6.80. The van der Waals surface area contributed by atoms with E-state index in [1.165, 1.54) is 19.1 Å². The number of terminal acetylenes is 1. The van der Waals surface area contributed by atoms with Crippen molar-refractivity contribution in [1.82, 2.24) is 0 Å². The highest BCUT2D eigenvalue weighted by Crippen LogP contribution is 2.61. The third-order valence-corrected chi connectivity index (χ3v) is 6.55. The van der Waals surface area contributed by atoms with Gasteiger partial charge in [-0.3, -0.25) is 4.79 Å². The molecule has 0 spiro atoms. The summed E-state index contributed by atoms with van der Waals surface area (Å²) >= 11 is 0. The Kier molecular flexibility index (Phi) is 7.49. The number of rotatable bonds is 8. The van der Waals surface area contributed by atoms with Crippen LogP contribution in [0.5, 0.6) is 0 Å². The first-order valence-corrected chi connectivity index (χ1v) is 10.4. The minimum absolute atomic E-state index is 0.0393. The smallest absolute Gasteiger partial charge is 0.253 e. The first-order chi connectivity index (χ1) is 14.5. The Balaban J connectivity index is 2.12. The second-order valence-corrected chi connectivity index (χ2v) is 8.19. The summed E-state index contributed by atoms with van der Waals surface area (Å²) in [6, 6.07) is 3.13. The van der Waals surface area contributed by atoms with Gasteiger partial charge in [0, 0.05) is 24.7 Å². The van der Waals surface area contributed by atoms with Gasteiger partial charge < -0.3 is 0 Å². The Morgan fingerprint density at radius 1 is 1.42 bits per heavy atom. The average molecular weight is 428 g/mol. The van der Waals surface area contributed by atoms with Crippen LogP contribution in [-0.4, -0.2) is 17.4 Å². The van der Waals surface area contributed by atoms with Crippen molar-refractivity contribution in [1.29, 1.82) is 5.26 Å². The van der Waals surface area contributed by atoms with E-state index >= 15 is 0 Å². The van der Waals surface area contributed by atoms with E-state index in [1.54, 1.807) is 13.8 Å². The third-order valence-electron chi connectivity index (χ3n) is 6.55. The molecule has 1 aromatic rings. The molecule has 31 heavy (non-hydrogen) atoms. The zero-order chi connectivity index (χ0) is 23.4. The lowest BCUT2D eigenvalue weighted by Crippen LogP contribution is -2.56.